The molecule has 0 aliphatic carbocycles. The Bertz CT molecular complexity index is 1020. The van der Waals surface area contributed by atoms with Gasteiger partial charge < -0.3 is 5.32 Å². The largest absolute Gasteiger partial charge is 0.383 e. The average Bonchev–Trinajstić information content (AvgIpc) is 2.98. The maximum absolute atomic E-state index is 12.8. The fourth-order valence-electron chi connectivity index (χ4n) is 3.28. The molecule has 6 nitrogen and oxygen atoms in total. The SMILES string of the molecule is Cc1cc(C)c(S(=O)(=O)N[C@@H](C)CNc2ccc3[nH]ncc3c2)c(C)c1. The van der Waals surface area contributed by atoms with Crippen molar-refractivity contribution in [2.45, 2.75) is 38.6 Å². The van der Waals surface area contributed by atoms with Gasteiger partial charge in [-0.25, -0.2) is 13.1 Å². The number of nitrogens with one attached hydrogen (secondary N) is 3. The number of rotatable bonds is 6. The third-order valence-corrected chi connectivity index (χ3v) is 6.18. The molecule has 2 aromatic carbocycles. The van der Waals surface area contributed by atoms with Gasteiger partial charge in [-0.3, -0.25) is 5.10 Å². The molecule has 1 aromatic heterocycles. The van der Waals surface area contributed by atoms with Crippen LogP contribution in [0, 0.1) is 20.8 Å². The number of aryl methyl sites for hydroxylation is 3. The van der Waals surface area contributed by atoms with Crippen LogP contribution in [-0.4, -0.2) is 31.2 Å². The molecule has 3 rings (SSSR count). The van der Waals surface area contributed by atoms with Crippen LogP contribution in [-0.2, 0) is 10.0 Å². The van der Waals surface area contributed by atoms with E-state index in [-0.39, 0.29) is 6.04 Å². The molecule has 0 saturated carbocycles. The topological polar surface area (TPSA) is 86.9 Å². The molecular weight excluding hydrogens is 348 g/mol. The number of benzene rings is 2. The predicted octanol–water partition coefficient (Wildman–Crippen LogP) is 3.27. The molecule has 7 heteroatoms. The van der Waals surface area contributed by atoms with Crippen molar-refractivity contribution in [3.8, 4) is 0 Å². The van der Waals surface area contributed by atoms with Gasteiger partial charge in [0.1, 0.15) is 0 Å². The lowest BCUT2D eigenvalue weighted by atomic mass is 10.1. The number of hydrogen-bond acceptors (Lipinski definition) is 4. The van der Waals surface area contributed by atoms with Crippen LogP contribution in [0.3, 0.4) is 0 Å². The van der Waals surface area contributed by atoms with E-state index in [1.165, 1.54) is 0 Å². The lowest BCUT2D eigenvalue weighted by molar-refractivity contribution is 0.564. The van der Waals surface area contributed by atoms with Crippen LogP contribution in [0.2, 0.25) is 0 Å². The highest BCUT2D eigenvalue weighted by molar-refractivity contribution is 7.89. The van der Waals surface area contributed by atoms with Crippen molar-refractivity contribution in [2.75, 3.05) is 11.9 Å². The van der Waals surface area contributed by atoms with Crippen LogP contribution < -0.4 is 10.0 Å². The molecule has 0 radical (unpaired) electrons. The summed E-state index contributed by atoms with van der Waals surface area (Å²) in [6.07, 6.45) is 1.76. The highest BCUT2D eigenvalue weighted by Crippen LogP contribution is 2.22. The first-order chi connectivity index (χ1) is 12.3. The lowest BCUT2D eigenvalue weighted by Crippen LogP contribution is -2.38. The first kappa shape index (κ1) is 18.4. The highest BCUT2D eigenvalue weighted by Gasteiger charge is 2.22. The summed E-state index contributed by atoms with van der Waals surface area (Å²) in [6, 6.07) is 9.39. The van der Waals surface area contributed by atoms with Gasteiger partial charge in [0.25, 0.3) is 0 Å². The number of nitrogens with zero attached hydrogens (tertiary/aromatic N) is 1. The second kappa shape index (κ2) is 7.09. The zero-order valence-electron chi connectivity index (χ0n) is 15.4. The monoisotopic (exact) mass is 372 g/mol. The second-order valence-corrected chi connectivity index (χ2v) is 8.45. The Morgan fingerprint density at radius 2 is 1.81 bits per heavy atom. The molecule has 1 heterocycles. The maximum Gasteiger partial charge on any atom is 0.241 e. The normalized spacial score (nSPS) is 13.1. The van der Waals surface area contributed by atoms with E-state index in [0.29, 0.717) is 11.4 Å². The van der Waals surface area contributed by atoms with Crippen molar-refractivity contribution in [1.82, 2.24) is 14.9 Å². The number of aromatic nitrogens is 2. The number of sulfonamides is 1. The molecule has 0 unspecified atom stereocenters. The summed E-state index contributed by atoms with van der Waals surface area (Å²) >= 11 is 0. The van der Waals surface area contributed by atoms with Crippen molar-refractivity contribution in [1.29, 1.82) is 0 Å². The van der Waals surface area contributed by atoms with Crippen LogP contribution >= 0.6 is 0 Å². The third-order valence-electron chi connectivity index (χ3n) is 4.28. The van der Waals surface area contributed by atoms with Crippen LogP contribution in [0.1, 0.15) is 23.6 Å². The first-order valence-corrected chi connectivity index (χ1v) is 10.0. The van der Waals surface area contributed by atoms with Gasteiger partial charge in [0, 0.05) is 23.7 Å². The van der Waals surface area contributed by atoms with E-state index in [2.05, 4.69) is 20.2 Å². The molecule has 26 heavy (non-hydrogen) atoms. The molecule has 3 N–H and O–H groups in total. The Balaban J connectivity index is 1.69. The molecule has 3 aromatic rings. The van der Waals surface area contributed by atoms with Gasteiger partial charge in [0.05, 0.1) is 16.6 Å². The number of fused-ring (bicyclic) bond motifs is 1. The molecule has 0 aliphatic heterocycles. The van der Waals surface area contributed by atoms with Crippen LogP contribution in [0.4, 0.5) is 5.69 Å². The zero-order chi connectivity index (χ0) is 18.9. The third kappa shape index (κ3) is 3.89. The van der Waals surface area contributed by atoms with E-state index in [4.69, 9.17) is 0 Å². The van der Waals surface area contributed by atoms with Gasteiger partial charge >= 0.3 is 0 Å². The Labute approximate surface area is 154 Å². The van der Waals surface area contributed by atoms with E-state index in [1.54, 1.807) is 6.20 Å². The predicted molar refractivity (Wildman–Crippen MR) is 105 cm³/mol. The molecular formula is C19H24N4O2S. The molecule has 0 spiro atoms. The number of H-pyrrole nitrogens is 1. The average molecular weight is 372 g/mol. The van der Waals surface area contributed by atoms with E-state index in [0.717, 1.165) is 33.3 Å². The summed E-state index contributed by atoms with van der Waals surface area (Å²) in [5.74, 6) is 0. The zero-order valence-corrected chi connectivity index (χ0v) is 16.2. The van der Waals surface area contributed by atoms with E-state index < -0.39 is 10.0 Å². The number of aromatic amines is 1. The minimum absolute atomic E-state index is 0.264. The molecule has 0 amide bonds. The first-order valence-electron chi connectivity index (χ1n) is 8.53. The van der Waals surface area contributed by atoms with E-state index in [1.807, 2.05) is 58.0 Å². The fourth-order valence-corrected chi connectivity index (χ4v) is 4.98. The van der Waals surface area contributed by atoms with Crippen molar-refractivity contribution in [2.24, 2.45) is 0 Å². The summed E-state index contributed by atoms with van der Waals surface area (Å²) in [5.41, 5.74) is 4.48. The van der Waals surface area contributed by atoms with Gasteiger partial charge in [-0.15, -0.1) is 0 Å². The Morgan fingerprint density at radius 1 is 1.12 bits per heavy atom. The molecule has 138 valence electrons. The van der Waals surface area contributed by atoms with E-state index >= 15 is 0 Å². The summed E-state index contributed by atoms with van der Waals surface area (Å²) in [7, 11) is -3.57. The van der Waals surface area contributed by atoms with Crippen molar-refractivity contribution in [3.05, 3.63) is 53.2 Å². The summed E-state index contributed by atoms with van der Waals surface area (Å²) in [6.45, 7) is 7.95. The minimum atomic E-state index is -3.57. The molecule has 0 bridgehead atoms. The van der Waals surface area contributed by atoms with Crippen LogP contribution in [0.15, 0.2) is 41.4 Å². The highest BCUT2D eigenvalue weighted by atomic mass is 32.2. The van der Waals surface area contributed by atoms with Gasteiger partial charge in [-0.1, -0.05) is 17.7 Å². The molecule has 0 aliphatic rings. The molecule has 0 saturated heterocycles. The summed E-state index contributed by atoms with van der Waals surface area (Å²) in [5, 5.41) is 11.2. The smallest absolute Gasteiger partial charge is 0.241 e. The van der Waals surface area contributed by atoms with Crippen molar-refractivity contribution in [3.63, 3.8) is 0 Å². The number of anilines is 1. The quantitative estimate of drug-likeness (QED) is 0.620. The van der Waals surface area contributed by atoms with Crippen LogP contribution in [0.25, 0.3) is 10.9 Å². The Kier molecular flexibility index (Phi) is 5.02. The second-order valence-electron chi connectivity index (χ2n) is 6.80. The summed E-state index contributed by atoms with van der Waals surface area (Å²) in [4.78, 5) is 0.370. The van der Waals surface area contributed by atoms with Crippen LogP contribution in [0.5, 0.6) is 0 Å². The van der Waals surface area contributed by atoms with Gasteiger partial charge in [-0.2, -0.15) is 5.10 Å². The summed E-state index contributed by atoms with van der Waals surface area (Å²) < 4.78 is 28.4. The maximum atomic E-state index is 12.8. The Morgan fingerprint density at radius 3 is 2.50 bits per heavy atom. The fraction of sp³-hybridized carbons (Fsp3) is 0.316. The molecule has 1 atom stereocenters. The van der Waals surface area contributed by atoms with Crippen molar-refractivity contribution < 1.29 is 8.42 Å². The Hall–Kier alpha value is -2.38. The molecule has 0 fully saturated rings. The lowest BCUT2D eigenvalue weighted by Gasteiger charge is -2.18. The van der Waals surface area contributed by atoms with Gasteiger partial charge in [0.2, 0.25) is 10.0 Å². The minimum Gasteiger partial charge on any atom is -0.383 e. The standard InChI is InChI=1S/C19H24N4O2S/c1-12-7-13(2)19(14(3)8-12)26(24,25)23-15(4)10-20-17-5-6-18-16(9-17)11-21-22-18/h5-9,11,15,20,23H,10H2,1-4H3,(H,21,22)/t15-/m0/s1. The van der Waals surface area contributed by atoms with Crippen molar-refractivity contribution >= 4 is 26.6 Å². The number of hydrogen-bond donors (Lipinski definition) is 3. The van der Waals surface area contributed by atoms with E-state index in [9.17, 15) is 8.42 Å². The van der Waals surface area contributed by atoms with Gasteiger partial charge in [0.15, 0.2) is 0 Å². The van der Waals surface area contributed by atoms with Gasteiger partial charge in [-0.05, 0) is 57.0 Å².